The molecule has 0 amide bonds. The molecule has 5 nitrogen and oxygen atoms in total. The molecule has 0 aromatic heterocycles. The summed E-state index contributed by atoms with van der Waals surface area (Å²) in [6, 6.07) is 0. The molecule has 3 fully saturated rings. The van der Waals surface area contributed by atoms with E-state index >= 15 is 0 Å². The van der Waals surface area contributed by atoms with Crippen molar-refractivity contribution < 1.29 is 24.9 Å². The minimum Gasteiger partial charge on any atom is -0.449 e. The summed E-state index contributed by atoms with van der Waals surface area (Å²) in [7, 11) is 0. The van der Waals surface area contributed by atoms with Crippen molar-refractivity contribution in [2.24, 2.45) is 23.2 Å². The Labute approximate surface area is 224 Å². The highest BCUT2D eigenvalue weighted by atomic mass is 16.5. The molecular formula is C32H48O5. The molecule has 0 radical (unpaired) electrons. The van der Waals surface area contributed by atoms with Gasteiger partial charge >= 0.3 is 5.97 Å². The van der Waals surface area contributed by atoms with Crippen LogP contribution in [0.4, 0.5) is 0 Å². The van der Waals surface area contributed by atoms with Crippen LogP contribution >= 0.6 is 0 Å². The summed E-state index contributed by atoms with van der Waals surface area (Å²) in [5, 5.41) is 31.0. The number of carbonyl (C=O) groups excluding carboxylic acids is 1. The smallest absolute Gasteiger partial charge is 0.303 e. The zero-order valence-corrected chi connectivity index (χ0v) is 23.6. The van der Waals surface area contributed by atoms with Crippen LogP contribution in [0.1, 0.15) is 98.8 Å². The van der Waals surface area contributed by atoms with Crippen LogP contribution in [0, 0.1) is 35.0 Å². The quantitative estimate of drug-likeness (QED) is 0.304. The highest BCUT2D eigenvalue weighted by Gasteiger charge is 2.52. The summed E-state index contributed by atoms with van der Waals surface area (Å²) in [4.78, 5) is 12.0. The van der Waals surface area contributed by atoms with E-state index in [0.29, 0.717) is 43.9 Å². The van der Waals surface area contributed by atoms with Crippen molar-refractivity contribution in [2.75, 3.05) is 0 Å². The molecule has 3 rings (SSSR count). The van der Waals surface area contributed by atoms with Crippen LogP contribution in [0.15, 0.2) is 35.5 Å². The Hall–Kier alpha value is -1.87. The van der Waals surface area contributed by atoms with Crippen molar-refractivity contribution in [2.45, 2.75) is 123 Å². The van der Waals surface area contributed by atoms with Crippen LogP contribution in [0.5, 0.6) is 0 Å². The van der Waals surface area contributed by atoms with Crippen molar-refractivity contribution in [1.29, 1.82) is 0 Å². The van der Waals surface area contributed by atoms with E-state index in [-0.39, 0.29) is 17.3 Å². The number of carbonyl (C=O) groups is 1. The monoisotopic (exact) mass is 512 g/mol. The van der Waals surface area contributed by atoms with Gasteiger partial charge in [0, 0.05) is 25.7 Å². The summed E-state index contributed by atoms with van der Waals surface area (Å²) in [6.07, 6.45) is 10.6. The van der Waals surface area contributed by atoms with Crippen molar-refractivity contribution in [1.82, 2.24) is 0 Å². The Kier molecular flexibility index (Phi) is 9.89. The molecule has 1 unspecified atom stereocenters. The normalized spacial score (nSPS) is 34.0. The first-order chi connectivity index (χ1) is 17.4. The first kappa shape index (κ1) is 29.7. The van der Waals surface area contributed by atoms with E-state index < -0.39 is 23.9 Å². The minimum atomic E-state index is -0.797. The van der Waals surface area contributed by atoms with E-state index in [9.17, 15) is 20.1 Å². The van der Waals surface area contributed by atoms with E-state index in [0.717, 1.165) is 43.3 Å². The second-order valence-electron chi connectivity index (χ2n) is 12.0. The summed E-state index contributed by atoms with van der Waals surface area (Å²) in [6.45, 7) is 14.0. The second kappa shape index (κ2) is 12.3. The van der Waals surface area contributed by atoms with Gasteiger partial charge in [0.1, 0.15) is 0 Å². The molecule has 0 aromatic carbocycles. The number of ether oxygens (including phenoxy) is 1. The predicted molar refractivity (Wildman–Crippen MR) is 147 cm³/mol. The van der Waals surface area contributed by atoms with Crippen molar-refractivity contribution in [3.8, 4) is 11.8 Å². The second-order valence-corrected chi connectivity index (χ2v) is 12.0. The summed E-state index contributed by atoms with van der Waals surface area (Å²) in [5.41, 5.74) is 2.40. The Balaban J connectivity index is 1.81. The Bertz CT molecular complexity index is 961. The lowest BCUT2D eigenvalue weighted by molar-refractivity contribution is -0.147. The van der Waals surface area contributed by atoms with E-state index in [4.69, 9.17) is 4.74 Å². The van der Waals surface area contributed by atoms with Crippen molar-refractivity contribution in [3.63, 3.8) is 0 Å². The molecule has 3 saturated carbocycles. The number of aliphatic hydroxyl groups excluding tert-OH is 2. The number of aliphatic hydroxyl groups is 3. The number of rotatable bonds is 7. The third-order valence-corrected chi connectivity index (χ3v) is 9.69. The van der Waals surface area contributed by atoms with Crippen molar-refractivity contribution >= 4 is 5.97 Å². The molecule has 3 N–H and O–H groups in total. The molecule has 5 heteroatoms. The molecule has 206 valence electrons. The largest absolute Gasteiger partial charge is 0.449 e. The van der Waals surface area contributed by atoms with E-state index in [1.807, 2.05) is 13.8 Å². The van der Waals surface area contributed by atoms with Gasteiger partial charge < -0.3 is 20.1 Å². The molecular weight excluding hydrogens is 464 g/mol. The van der Waals surface area contributed by atoms with Crippen LogP contribution in [-0.4, -0.2) is 45.2 Å². The maximum atomic E-state index is 12.0. The molecule has 3 aliphatic rings. The van der Waals surface area contributed by atoms with Gasteiger partial charge in [-0.25, -0.2) is 0 Å². The zero-order chi connectivity index (χ0) is 27.4. The van der Waals surface area contributed by atoms with Crippen LogP contribution < -0.4 is 0 Å². The predicted octanol–water partition coefficient (Wildman–Crippen LogP) is 5.64. The van der Waals surface area contributed by atoms with Gasteiger partial charge in [0.2, 0.25) is 0 Å². The number of hydrogen-bond acceptors (Lipinski definition) is 5. The lowest BCUT2D eigenvalue weighted by Gasteiger charge is -2.45. The van der Waals surface area contributed by atoms with Gasteiger partial charge in [-0.05, 0) is 79.8 Å². The van der Waals surface area contributed by atoms with Crippen LogP contribution in [0.3, 0.4) is 0 Å². The maximum Gasteiger partial charge on any atom is 0.303 e. The highest BCUT2D eigenvalue weighted by Crippen LogP contribution is 2.60. The number of hydrogen-bond donors (Lipinski definition) is 3. The average molecular weight is 513 g/mol. The van der Waals surface area contributed by atoms with Gasteiger partial charge in [0.25, 0.3) is 0 Å². The molecule has 3 aliphatic carbocycles. The molecule has 0 bridgehead atoms. The van der Waals surface area contributed by atoms with Crippen LogP contribution in [-0.2, 0) is 9.53 Å². The van der Waals surface area contributed by atoms with Gasteiger partial charge in [-0.1, -0.05) is 63.8 Å². The molecule has 0 spiro atoms. The van der Waals surface area contributed by atoms with Gasteiger partial charge in [-0.15, -0.1) is 0 Å². The number of fused-ring (bicyclic) bond motifs is 1. The molecule has 0 saturated heterocycles. The fourth-order valence-corrected chi connectivity index (χ4v) is 7.08. The summed E-state index contributed by atoms with van der Waals surface area (Å²) < 4.78 is 5.74. The van der Waals surface area contributed by atoms with Crippen molar-refractivity contribution in [3.05, 3.63) is 35.5 Å². The maximum absolute atomic E-state index is 12.0. The fraction of sp³-hybridized carbons (Fsp3) is 0.719. The van der Waals surface area contributed by atoms with Gasteiger partial charge in [0.05, 0.1) is 17.8 Å². The molecule has 0 aliphatic heterocycles. The molecule has 0 heterocycles. The van der Waals surface area contributed by atoms with Gasteiger partial charge in [-0.2, -0.15) is 0 Å². The standard InChI is InChI=1S/C32H48O5/c1-7-32(36,8-2)18-10-12-30(37-23(5)33)22(4)27-15-16-28-24(11-9-17-31(27,28)6)13-14-25-19-26(34)20-29(35)21(25)3/h13-14,22,26-30,34-36H,3,7-9,11,15-20H2,1-2,4-6H3/b24-13+,25-14-/t22-,26-,27-,28+,29+,30?,31-/m1/s1. The number of allylic oxidation sites excluding steroid dienone is 3. The minimum absolute atomic E-state index is 0.0869. The molecule has 7 atom stereocenters. The Morgan fingerprint density at radius 1 is 1.27 bits per heavy atom. The lowest BCUT2D eigenvalue weighted by atomic mass is 9.60. The summed E-state index contributed by atoms with van der Waals surface area (Å²) >= 11 is 0. The first-order valence-corrected chi connectivity index (χ1v) is 14.3. The SMILES string of the molecule is C=C1/C(=C\C=C2/CCC[C@]3(C)[C@@H]([C@@H](C)C(C#CCC(O)(CC)CC)OC(C)=O)CC[C@@H]23)C[C@@H](O)C[C@@H]1O. The van der Waals surface area contributed by atoms with Gasteiger partial charge in [-0.3, -0.25) is 4.79 Å². The fourth-order valence-electron chi connectivity index (χ4n) is 7.08. The lowest BCUT2D eigenvalue weighted by Crippen LogP contribution is -2.40. The average Bonchev–Trinajstić information content (AvgIpc) is 3.21. The third kappa shape index (κ3) is 6.77. The zero-order valence-electron chi connectivity index (χ0n) is 23.6. The van der Waals surface area contributed by atoms with Crippen LogP contribution in [0.2, 0.25) is 0 Å². The molecule has 37 heavy (non-hydrogen) atoms. The molecule has 0 aromatic rings. The number of esters is 1. The first-order valence-electron chi connectivity index (χ1n) is 14.3. The van der Waals surface area contributed by atoms with E-state index in [1.54, 1.807) is 0 Å². The highest BCUT2D eigenvalue weighted by molar-refractivity contribution is 5.66. The van der Waals surface area contributed by atoms with Crippen LogP contribution in [0.25, 0.3) is 0 Å². The topological polar surface area (TPSA) is 87.0 Å². The Morgan fingerprint density at radius 3 is 2.62 bits per heavy atom. The Morgan fingerprint density at radius 2 is 1.97 bits per heavy atom. The van der Waals surface area contributed by atoms with E-state index in [2.05, 4.69) is 44.4 Å². The summed E-state index contributed by atoms with van der Waals surface area (Å²) in [5.74, 6) is 6.97. The van der Waals surface area contributed by atoms with E-state index in [1.165, 1.54) is 12.5 Å². The van der Waals surface area contributed by atoms with Gasteiger partial charge in [0.15, 0.2) is 6.10 Å². The third-order valence-electron chi connectivity index (χ3n) is 9.69.